The fourth-order valence-electron chi connectivity index (χ4n) is 4.06. The first-order chi connectivity index (χ1) is 15.3. The van der Waals surface area contributed by atoms with Crippen LogP contribution in [0.1, 0.15) is 22.7 Å². The van der Waals surface area contributed by atoms with Crippen molar-refractivity contribution in [3.05, 3.63) is 89.5 Å². The molecule has 1 unspecified atom stereocenters. The van der Waals surface area contributed by atoms with E-state index in [1.54, 1.807) is 14.2 Å². The Morgan fingerprint density at radius 3 is 2.16 bits per heavy atom. The Hall–Kier alpha value is -3.02. The molecule has 1 saturated heterocycles. The molecule has 0 spiro atoms. The van der Waals surface area contributed by atoms with Crippen molar-refractivity contribution in [2.45, 2.75) is 12.6 Å². The molecule has 0 saturated carbocycles. The van der Waals surface area contributed by atoms with Gasteiger partial charge in [-0.3, -0.25) is 4.90 Å². The van der Waals surface area contributed by atoms with Gasteiger partial charge in [-0.1, -0.05) is 48.5 Å². The first kappa shape index (κ1) is 21.2. The van der Waals surface area contributed by atoms with Gasteiger partial charge in [-0.25, -0.2) is 0 Å². The van der Waals surface area contributed by atoms with Gasteiger partial charge in [-0.15, -0.1) is 0 Å². The summed E-state index contributed by atoms with van der Waals surface area (Å²) in [5.74, 6) is 2.37. The van der Waals surface area contributed by atoms with Crippen molar-refractivity contribution < 1.29 is 14.2 Å². The monoisotopic (exact) mass is 418 g/mol. The van der Waals surface area contributed by atoms with Gasteiger partial charge in [-0.2, -0.15) is 0 Å². The number of methoxy groups -OCH3 is 2. The van der Waals surface area contributed by atoms with Gasteiger partial charge in [0.1, 0.15) is 12.4 Å². The Balaban J connectivity index is 1.58. The van der Waals surface area contributed by atoms with Gasteiger partial charge in [-0.05, 0) is 41.0 Å². The van der Waals surface area contributed by atoms with E-state index in [0.717, 1.165) is 49.0 Å². The fraction of sp³-hybridized carbons (Fsp3) is 0.308. The normalized spacial score (nSPS) is 15.3. The Kier molecular flexibility index (Phi) is 7.07. The van der Waals surface area contributed by atoms with Crippen molar-refractivity contribution in [1.29, 1.82) is 0 Å². The molecule has 1 atom stereocenters. The van der Waals surface area contributed by atoms with Crippen molar-refractivity contribution in [3.63, 3.8) is 0 Å². The number of benzene rings is 3. The van der Waals surface area contributed by atoms with Gasteiger partial charge in [0.2, 0.25) is 0 Å². The molecule has 31 heavy (non-hydrogen) atoms. The highest BCUT2D eigenvalue weighted by molar-refractivity contribution is 5.46. The fourth-order valence-corrected chi connectivity index (χ4v) is 4.06. The van der Waals surface area contributed by atoms with E-state index < -0.39 is 0 Å². The largest absolute Gasteiger partial charge is 0.493 e. The third-order valence-corrected chi connectivity index (χ3v) is 5.68. The average Bonchev–Trinajstić information content (AvgIpc) is 2.85. The quantitative estimate of drug-likeness (QED) is 0.592. The molecule has 0 radical (unpaired) electrons. The van der Waals surface area contributed by atoms with E-state index in [-0.39, 0.29) is 6.04 Å². The van der Waals surface area contributed by atoms with Crippen LogP contribution in [0, 0.1) is 0 Å². The Bertz CT molecular complexity index is 954. The van der Waals surface area contributed by atoms with E-state index >= 15 is 0 Å². The Labute approximate surface area is 184 Å². The van der Waals surface area contributed by atoms with Crippen molar-refractivity contribution in [3.8, 4) is 17.2 Å². The smallest absolute Gasteiger partial charge is 0.161 e. The lowest BCUT2D eigenvalue weighted by molar-refractivity contribution is 0.198. The molecule has 0 bridgehead atoms. The van der Waals surface area contributed by atoms with Crippen molar-refractivity contribution in [2.24, 2.45) is 0 Å². The number of hydrogen-bond acceptors (Lipinski definition) is 5. The summed E-state index contributed by atoms with van der Waals surface area (Å²) in [6, 6.07) is 25.0. The predicted molar refractivity (Wildman–Crippen MR) is 123 cm³/mol. The second-order valence-electron chi connectivity index (χ2n) is 7.65. The third-order valence-electron chi connectivity index (χ3n) is 5.68. The molecule has 162 valence electrons. The van der Waals surface area contributed by atoms with Crippen LogP contribution in [0.3, 0.4) is 0 Å². The lowest BCUT2D eigenvalue weighted by atomic mass is 9.96. The van der Waals surface area contributed by atoms with Gasteiger partial charge in [0, 0.05) is 26.2 Å². The van der Waals surface area contributed by atoms with Gasteiger partial charge in [0.05, 0.1) is 20.3 Å². The zero-order valence-corrected chi connectivity index (χ0v) is 18.2. The highest BCUT2D eigenvalue weighted by atomic mass is 16.5. The zero-order chi connectivity index (χ0) is 21.5. The maximum atomic E-state index is 5.98. The molecule has 4 rings (SSSR count). The van der Waals surface area contributed by atoms with Crippen LogP contribution in [-0.2, 0) is 6.61 Å². The maximum Gasteiger partial charge on any atom is 0.161 e. The minimum absolute atomic E-state index is 0.144. The van der Waals surface area contributed by atoms with Crippen molar-refractivity contribution >= 4 is 0 Å². The second-order valence-corrected chi connectivity index (χ2v) is 7.65. The van der Waals surface area contributed by atoms with Crippen LogP contribution in [-0.4, -0.2) is 45.3 Å². The molecule has 0 amide bonds. The molecule has 5 nitrogen and oxygen atoms in total. The summed E-state index contributed by atoms with van der Waals surface area (Å²) in [7, 11) is 3.35. The Morgan fingerprint density at radius 1 is 0.806 bits per heavy atom. The number of rotatable bonds is 8. The molecule has 0 aromatic heterocycles. The van der Waals surface area contributed by atoms with Crippen LogP contribution >= 0.6 is 0 Å². The minimum atomic E-state index is 0.144. The van der Waals surface area contributed by atoms with Crippen LogP contribution in [0.2, 0.25) is 0 Å². The standard InChI is InChI=1S/C26H30N2O3/c1-29-24-13-10-22(18-25(24)30-2)26(28-16-14-27-15-17-28)21-8-11-23(12-9-21)31-19-20-6-4-3-5-7-20/h3-13,18,26-27H,14-17,19H2,1-2H3. The molecular weight excluding hydrogens is 388 g/mol. The van der Waals surface area contributed by atoms with Crippen LogP contribution in [0.15, 0.2) is 72.8 Å². The molecular formula is C26H30N2O3. The highest BCUT2D eigenvalue weighted by Gasteiger charge is 2.25. The van der Waals surface area contributed by atoms with Gasteiger partial charge in [0.15, 0.2) is 11.5 Å². The summed E-state index contributed by atoms with van der Waals surface area (Å²) in [6.07, 6.45) is 0. The number of nitrogens with one attached hydrogen (secondary N) is 1. The summed E-state index contributed by atoms with van der Waals surface area (Å²) in [6.45, 7) is 4.53. The molecule has 1 aliphatic heterocycles. The first-order valence-electron chi connectivity index (χ1n) is 10.7. The lowest BCUT2D eigenvalue weighted by Crippen LogP contribution is -2.45. The molecule has 3 aromatic rings. The van der Waals surface area contributed by atoms with E-state index in [1.807, 2.05) is 24.3 Å². The highest BCUT2D eigenvalue weighted by Crippen LogP contribution is 2.36. The van der Waals surface area contributed by atoms with Crippen LogP contribution in [0.4, 0.5) is 0 Å². The molecule has 5 heteroatoms. The van der Waals surface area contributed by atoms with E-state index in [1.165, 1.54) is 11.1 Å². The van der Waals surface area contributed by atoms with Crippen LogP contribution in [0.5, 0.6) is 17.2 Å². The predicted octanol–water partition coefficient (Wildman–Crippen LogP) is 4.28. The van der Waals surface area contributed by atoms with Crippen molar-refractivity contribution in [1.82, 2.24) is 10.2 Å². The Morgan fingerprint density at radius 2 is 1.48 bits per heavy atom. The number of ether oxygens (including phenoxy) is 3. The van der Waals surface area contributed by atoms with Gasteiger partial charge < -0.3 is 19.5 Å². The van der Waals surface area contributed by atoms with Gasteiger partial charge in [0.25, 0.3) is 0 Å². The molecule has 3 aromatic carbocycles. The SMILES string of the molecule is COc1ccc(C(c2ccc(OCc3ccccc3)cc2)N2CCNCC2)cc1OC. The van der Waals surface area contributed by atoms with Crippen molar-refractivity contribution in [2.75, 3.05) is 40.4 Å². The molecule has 0 aliphatic carbocycles. The van der Waals surface area contributed by atoms with Crippen LogP contribution in [0.25, 0.3) is 0 Å². The van der Waals surface area contributed by atoms with E-state index in [4.69, 9.17) is 14.2 Å². The molecule has 1 N–H and O–H groups in total. The number of nitrogens with zero attached hydrogens (tertiary/aromatic N) is 1. The van der Waals surface area contributed by atoms with E-state index in [0.29, 0.717) is 6.61 Å². The van der Waals surface area contributed by atoms with E-state index in [9.17, 15) is 0 Å². The topological polar surface area (TPSA) is 43.0 Å². The maximum absolute atomic E-state index is 5.98. The summed E-state index contributed by atoms with van der Waals surface area (Å²) in [5.41, 5.74) is 3.59. The number of piperazine rings is 1. The first-order valence-corrected chi connectivity index (χ1v) is 10.7. The summed E-state index contributed by atoms with van der Waals surface area (Å²) >= 11 is 0. The molecule has 1 heterocycles. The summed E-state index contributed by atoms with van der Waals surface area (Å²) < 4.78 is 17.0. The van der Waals surface area contributed by atoms with E-state index in [2.05, 4.69) is 58.7 Å². The number of hydrogen-bond donors (Lipinski definition) is 1. The second kappa shape index (κ2) is 10.3. The third kappa shape index (κ3) is 5.19. The van der Waals surface area contributed by atoms with Crippen LogP contribution < -0.4 is 19.5 Å². The minimum Gasteiger partial charge on any atom is -0.493 e. The lowest BCUT2D eigenvalue weighted by Gasteiger charge is -2.35. The summed E-state index contributed by atoms with van der Waals surface area (Å²) in [5, 5.41) is 3.45. The molecule has 1 aliphatic rings. The average molecular weight is 419 g/mol. The zero-order valence-electron chi connectivity index (χ0n) is 18.2. The molecule has 1 fully saturated rings. The van der Waals surface area contributed by atoms with Gasteiger partial charge >= 0.3 is 0 Å². The summed E-state index contributed by atoms with van der Waals surface area (Å²) in [4.78, 5) is 2.51.